The van der Waals surface area contributed by atoms with Crippen LogP contribution in [0.2, 0.25) is 0 Å². The van der Waals surface area contributed by atoms with Gasteiger partial charge in [-0.05, 0) is 50.4 Å². The SMILES string of the molecule is CSc1ccc(-n2c(C)cc(C=O)c2C)cc1. The summed E-state index contributed by atoms with van der Waals surface area (Å²) in [6.07, 6.45) is 2.97. The third-order valence-corrected chi connectivity index (χ3v) is 3.67. The van der Waals surface area contributed by atoms with E-state index in [4.69, 9.17) is 0 Å². The molecule has 2 nitrogen and oxygen atoms in total. The molecular weight excluding hydrogens is 230 g/mol. The van der Waals surface area contributed by atoms with Crippen molar-refractivity contribution >= 4 is 18.0 Å². The molecule has 0 aliphatic rings. The molecule has 0 N–H and O–H groups in total. The van der Waals surface area contributed by atoms with Gasteiger partial charge in [0, 0.05) is 27.5 Å². The van der Waals surface area contributed by atoms with Gasteiger partial charge in [-0.1, -0.05) is 0 Å². The van der Waals surface area contributed by atoms with E-state index in [0.29, 0.717) is 0 Å². The summed E-state index contributed by atoms with van der Waals surface area (Å²) in [6.45, 7) is 3.99. The van der Waals surface area contributed by atoms with Crippen molar-refractivity contribution in [2.24, 2.45) is 0 Å². The first-order valence-corrected chi connectivity index (χ1v) is 6.68. The van der Waals surface area contributed by atoms with Crippen molar-refractivity contribution in [3.05, 3.63) is 47.3 Å². The van der Waals surface area contributed by atoms with Gasteiger partial charge in [-0.15, -0.1) is 11.8 Å². The lowest BCUT2D eigenvalue weighted by atomic mass is 10.2. The molecule has 2 rings (SSSR count). The second-order valence-corrected chi connectivity index (χ2v) is 4.86. The van der Waals surface area contributed by atoms with Crippen LogP contribution < -0.4 is 0 Å². The molecule has 0 saturated heterocycles. The van der Waals surface area contributed by atoms with Crippen LogP contribution in [0, 0.1) is 13.8 Å². The van der Waals surface area contributed by atoms with Crippen LogP contribution >= 0.6 is 11.8 Å². The summed E-state index contributed by atoms with van der Waals surface area (Å²) < 4.78 is 2.10. The number of hydrogen-bond acceptors (Lipinski definition) is 2. The molecule has 1 aromatic carbocycles. The largest absolute Gasteiger partial charge is 0.318 e. The van der Waals surface area contributed by atoms with Crippen molar-refractivity contribution < 1.29 is 4.79 Å². The van der Waals surface area contributed by atoms with Gasteiger partial charge in [0.1, 0.15) is 0 Å². The molecule has 0 radical (unpaired) electrons. The molecule has 0 atom stereocenters. The average molecular weight is 245 g/mol. The number of benzene rings is 1. The lowest BCUT2D eigenvalue weighted by Crippen LogP contribution is -1.99. The lowest BCUT2D eigenvalue weighted by Gasteiger charge is -2.09. The molecule has 17 heavy (non-hydrogen) atoms. The summed E-state index contributed by atoms with van der Waals surface area (Å²) in [6, 6.07) is 10.3. The van der Waals surface area contributed by atoms with Gasteiger partial charge in [0.2, 0.25) is 0 Å². The molecule has 88 valence electrons. The minimum absolute atomic E-state index is 0.761. The zero-order valence-corrected chi connectivity index (χ0v) is 11.0. The van der Waals surface area contributed by atoms with E-state index in [1.165, 1.54) is 4.90 Å². The maximum absolute atomic E-state index is 10.9. The van der Waals surface area contributed by atoms with Crippen molar-refractivity contribution in [2.45, 2.75) is 18.7 Å². The van der Waals surface area contributed by atoms with Gasteiger partial charge >= 0.3 is 0 Å². The zero-order valence-electron chi connectivity index (χ0n) is 10.2. The molecule has 0 saturated carbocycles. The zero-order chi connectivity index (χ0) is 12.4. The second-order valence-electron chi connectivity index (χ2n) is 3.98. The molecule has 0 spiro atoms. The summed E-state index contributed by atoms with van der Waals surface area (Å²) >= 11 is 1.73. The number of thioether (sulfide) groups is 1. The third-order valence-electron chi connectivity index (χ3n) is 2.93. The minimum Gasteiger partial charge on any atom is -0.318 e. The van der Waals surface area contributed by atoms with Crippen LogP contribution in [0.25, 0.3) is 5.69 Å². The van der Waals surface area contributed by atoms with Crippen molar-refractivity contribution in [2.75, 3.05) is 6.26 Å². The molecule has 1 heterocycles. The van der Waals surface area contributed by atoms with Gasteiger partial charge in [-0.25, -0.2) is 0 Å². The molecule has 2 aromatic rings. The number of hydrogen-bond donors (Lipinski definition) is 0. The van der Waals surface area contributed by atoms with Gasteiger partial charge in [-0.3, -0.25) is 4.79 Å². The summed E-state index contributed by atoms with van der Waals surface area (Å²) in [5, 5.41) is 0. The van der Waals surface area contributed by atoms with Gasteiger partial charge < -0.3 is 4.57 Å². The number of carbonyl (C=O) groups is 1. The standard InChI is InChI=1S/C14H15NOS/c1-10-8-12(9-16)11(2)15(10)13-4-6-14(17-3)7-5-13/h4-9H,1-3H3. The van der Waals surface area contributed by atoms with Crippen LogP contribution in [0.15, 0.2) is 35.2 Å². The first-order valence-electron chi connectivity index (χ1n) is 5.46. The van der Waals surface area contributed by atoms with E-state index in [0.717, 1.165) is 28.9 Å². The summed E-state index contributed by atoms with van der Waals surface area (Å²) in [7, 11) is 0. The van der Waals surface area contributed by atoms with Crippen LogP contribution in [-0.4, -0.2) is 17.1 Å². The Morgan fingerprint density at radius 2 is 1.82 bits per heavy atom. The molecule has 0 amide bonds. The molecule has 3 heteroatoms. The molecule has 0 bridgehead atoms. The van der Waals surface area contributed by atoms with Gasteiger partial charge in [0.15, 0.2) is 6.29 Å². The first-order chi connectivity index (χ1) is 8.17. The van der Waals surface area contributed by atoms with Crippen LogP contribution in [0.4, 0.5) is 0 Å². The summed E-state index contributed by atoms with van der Waals surface area (Å²) in [5.74, 6) is 0. The Bertz CT molecular complexity index is 540. The highest BCUT2D eigenvalue weighted by molar-refractivity contribution is 7.98. The maximum atomic E-state index is 10.9. The fraction of sp³-hybridized carbons (Fsp3) is 0.214. The fourth-order valence-electron chi connectivity index (χ4n) is 2.04. The highest BCUT2D eigenvalue weighted by atomic mass is 32.2. The average Bonchev–Trinajstić information content (AvgIpc) is 2.64. The monoisotopic (exact) mass is 245 g/mol. The Morgan fingerprint density at radius 3 is 2.29 bits per heavy atom. The minimum atomic E-state index is 0.761. The van der Waals surface area contributed by atoms with Crippen LogP contribution in [-0.2, 0) is 0 Å². The van der Waals surface area contributed by atoms with Crippen molar-refractivity contribution in [1.29, 1.82) is 0 Å². The van der Waals surface area contributed by atoms with Crippen molar-refractivity contribution in [3.63, 3.8) is 0 Å². The third kappa shape index (κ3) is 2.15. The highest BCUT2D eigenvalue weighted by Crippen LogP contribution is 2.22. The van der Waals surface area contributed by atoms with E-state index in [1.807, 2.05) is 19.9 Å². The van der Waals surface area contributed by atoms with Gasteiger partial charge in [0.05, 0.1) is 0 Å². The quantitative estimate of drug-likeness (QED) is 0.608. The Hall–Kier alpha value is -1.48. The Morgan fingerprint density at radius 1 is 1.18 bits per heavy atom. The summed E-state index contributed by atoms with van der Waals surface area (Å²) in [4.78, 5) is 12.2. The molecule has 0 unspecified atom stereocenters. The van der Waals surface area contributed by atoms with Crippen molar-refractivity contribution in [3.8, 4) is 5.69 Å². The predicted molar refractivity (Wildman–Crippen MR) is 72.4 cm³/mol. The highest BCUT2D eigenvalue weighted by Gasteiger charge is 2.09. The Balaban J connectivity index is 2.52. The van der Waals surface area contributed by atoms with E-state index < -0.39 is 0 Å². The Kier molecular flexibility index (Phi) is 3.38. The molecular formula is C14H15NOS. The molecule has 0 aliphatic carbocycles. The second kappa shape index (κ2) is 4.80. The summed E-state index contributed by atoms with van der Waals surface area (Å²) in [5.41, 5.74) is 3.94. The predicted octanol–water partition coefficient (Wildman–Crippen LogP) is 3.63. The Labute approximate surface area is 106 Å². The molecule has 0 aliphatic heterocycles. The van der Waals surface area contributed by atoms with Crippen LogP contribution in [0.1, 0.15) is 21.7 Å². The number of rotatable bonds is 3. The van der Waals surface area contributed by atoms with Crippen LogP contribution in [0.5, 0.6) is 0 Å². The number of nitrogens with zero attached hydrogens (tertiary/aromatic N) is 1. The number of carbonyl (C=O) groups excluding carboxylic acids is 1. The maximum Gasteiger partial charge on any atom is 0.151 e. The smallest absolute Gasteiger partial charge is 0.151 e. The molecule has 1 aromatic heterocycles. The topological polar surface area (TPSA) is 22.0 Å². The lowest BCUT2D eigenvalue weighted by molar-refractivity contribution is 0.112. The van der Waals surface area contributed by atoms with E-state index >= 15 is 0 Å². The normalized spacial score (nSPS) is 10.5. The van der Waals surface area contributed by atoms with Crippen molar-refractivity contribution in [1.82, 2.24) is 4.57 Å². The number of aldehydes is 1. The number of aryl methyl sites for hydroxylation is 1. The molecule has 0 fully saturated rings. The van der Waals surface area contributed by atoms with E-state index in [-0.39, 0.29) is 0 Å². The number of aromatic nitrogens is 1. The fourth-order valence-corrected chi connectivity index (χ4v) is 2.44. The van der Waals surface area contributed by atoms with E-state index in [9.17, 15) is 4.79 Å². The first kappa shape index (κ1) is 12.0. The van der Waals surface area contributed by atoms with E-state index in [2.05, 4.69) is 35.1 Å². The van der Waals surface area contributed by atoms with Crippen LogP contribution in [0.3, 0.4) is 0 Å². The van der Waals surface area contributed by atoms with Gasteiger partial charge in [0.25, 0.3) is 0 Å². The van der Waals surface area contributed by atoms with E-state index in [1.54, 1.807) is 11.8 Å². The van der Waals surface area contributed by atoms with Gasteiger partial charge in [-0.2, -0.15) is 0 Å².